The maximum absolute atomic E-state index is 11.3. The van der Waals surface area contributed by atoms with E-state index in [1.807, 2.05) is 24.3 Å². The normalized spacial score (nSPS) is 12.7. The molecule has 0 aliphatic rings. The van der Waals surface area contributed by atoms with E-state index >= 15 is 0 Å². The maximum Gasteiger partial charge on any atom is 0.323 e. The Bertz CT molecular complexity index is 853. The Labute approximate surface area is 138 Å². The molecule has 0 saturated carbocycles. The summed E-state index contributed by atoms with van der Waals surface area (Å²) in [6.45, 7) is 0. The lowest BCUT2D eigenvalue weighted by Gasteiger charge is -2.14. The summed E-state index contributed by atoms with van der Waals surface area (Å²) in [5, 5.41) is 0. The molecule has 0 radical (unpaired) electrons. The molecule has 0 bridgehead atoms. The van der Waals surface area contributed by atoms with Gasteiger partial charge in [0, 0.05) is 15.0 Å². The number of nitrogens with two attached hydrogens (primary N) is 1. The number of fused-ring (bicyclic) bond motifs is 1. The van der Waals surface area contributed by atoms with Crippen LogP contribution in [0, 0.1) is 0 Å². The molecule has 3 rings (SSSR count). The molecule has 0 aliphatic heterocycles. The average Bonchev–Trinajstić information content (AvgIpc) is 2.76. The number of hydrogen-bond donors (Lipinski definition) is 3. The first kappa shape index (κ1) is 14.6. The van der Waals surface area contributed by atoms with E-state index in [9.17, 15) is 4.79 Å². The van der Waals surface area contributed by atoms with Gasteiger partial charge in [-0.2, -0.15) is 0 Å². The van der Waals surface area contributed by atoms with Gasteiger partial charge in [0.1, 0.15) is 0 Å². The number of rotatable bonds is 3. The number of halogens is 2. The lowest BCUT2D eigenvalue weighted by Crippen LogP contribution is -2.14. The molecule has 1 unspecified atom stereocenters. The van der Waals surface area contributed by atoms with Gasteiger partial charge in [-0.25, -0.2) is 4.79 Å². The van der Waals surface area contributed by atoms with Crippen molar-refractivity contribution in [2.45, 2.75) is 12.5 Å². The fourth-order valence-electron chi connectivity index (χ4n) is 2.38. The van der Waals surface area contributed by atoms with Crippen LogP contribution in [-0.2, 0) is 6.42 Å². The zero-order valence-electron chi connectivity index (χ0n) is 11.0. The second kappa shape index (κ2) is 5.79. The van der Waals surface area contributed by atoms with Crippen LogP contribution in [0.5, 0.6) is 0 Å². The summed E-state index contributed by atoms with van der Waals surface area (Å²) in [5.74, 6) is 0. The highest BCUT2D eigenvalue weighted by Crippen LogP contribution is 2.28. The lowest BCUT2D eigenvalue weighted by atomic mass is 9.99. The van der Waals surface area contributed by atoms with Crippen LogP contribution in [-0.4, -0.2) is 9.97 Å². The van der Waals surface area contributed by atoms with Crippen LogP contribution >= 0.6 is 31.9 Å². The van der Waals surface area contributed by atoms with Crippen LogP contribution in [0.3, 0.4) is 0 Å². The minimum Gasteiger partial charge on any atom is -0.324 e. The van der Waals surface area contributed by atoms with Crippen molar-refractivity contribution in [2.24, 2.45) is 5.73 Å². The number of nitrogens with one attached hydrogen (secondary N) is 2. The second-order valence-electron chi connectivity index (χ2n) is 4.94. The van der Waals surface area contributed by atoms with Crippen LogP contribution < -0.4 is 11.4 Å². The fraction of sp³-hybridized carbons (Fsp3) is 0.133. The Kier molecular flexibility index (Phi) is 4.01. The monoisotopic (exact) mass is 409 g/mol. The summed E-state index contributed by atoms with van der Waals surface area (Å²) < 4.78 is 1.93. The maximum atomic E-state index is 11.3. The molecule has 1 heterocycles. The third-order valence-corrected chi connectivity index (χ3v) is 4.56. The van der Waals surface area contributed by atoms with Gasteiger partial charge in [-0.15, -0.1) is 0 Å². The van der Waals surface area contributed by atoms with Gasteiger partial charge in [0.2, 0.25) is 0 Å². The minimum atomic E-state index is -0.213. The summed E-state index contributed by atoms with van der Waals surface area (Å²) in [6, 6.07) is 11.7. The van der Waals surface area contributed by atoms with Crippen LogP contribution in [0.1, 0.15) is 17.2 Å². The third-order valence-electron chi connectivity index (χ3n) is 3.38. The highest BCUT2D eigenvalue weighted by atomic mass is 79.9. The molecular weight excluding hydrogens is 398 g/mol. The number of aromatic amines is 2. The van der Waals surface area contributed by atoms with Crippen molar-refractivity contribution in [3.63, 3.8) is 0 Å². The number of H-pyrrole nitrogens is 2. The molecule has 3 aromatic rings. The van der Waals surface area contributed by atoms with Crippen molar-refractivity contribution in [3.05, 3.63) is 67.0 Å². The molecule has 21 heavy (non-hydrogen) atoms. The average molecular weight is 411 g/mol. The molecule has 2 aromatic carbocycles. The van der Waals surface area contributed by atoms with Crippen molar-refractivity contribution >= 4 is 42.9 Å². The van der Waals surface area contributed by atoms with Crippen LogP contribution in [0.2, 0.25) is 0 Å². The van der Waals surface area contributed by atoms with E-state index in [4.69, 9.17) is 5.73 Å². The Balaban J connectivity index is 1.95. The van der Waals surface area contributed by atoms with E-state index in [0.29, 0.717) is 0 Å². The SMILES string of the molecule is NC(Cc1cccc(Br)c1)c1cc2[nH]c(=O)[nH]c2cc1Br. The van der Waals surface area contributed by atoms with Gasteiger partial charge in [0.05, 0.1) is 11.0 Å². The Hall–Kier alpha value is -1.37. The fourth-order valence-corrected chi connectivity index (χ4v) is 3.47. The van der Waals surface area contributed by atoms with E-state index in [1.165, 1.54) is 0 Å². The van der Waals surface area contributed by atoms with Crippen molar-refractivity contribution in [1.29, 1.82) is 0 Å². The molecule has 0 spiro atoms. The molecule has 0 saturated heterocycles. The number of imidazole rings is 1. The summed E-state index contributed by atoms with van der Waals surface area (Å²) in [4.78, 5) is 16.8. The highest BCUT2D eigenvalue weighted by molar-refractivity contribution is 9.10. The van der Waals surface area contributed by atoms with Gasteiger partial charge >= 0.3 is 5.69 Å². The first-order valence-electron chi connectivity index (χ1n) is 6.44. The van der Waals surface area contributed by atoms with Crippen molar-refractivity contribution in [1.82, 2.24) is 9.97 Å². The standard InChI is InChI=1S/C15H13Br2N3O/c16-9-3-1-2-8(4-9)5-12(18)10-6-13-14(7-11(10)17)20-15(21)19-13/h1-4,6-7,12H,5,18H2,(H2,19,20,21). The molecule has 108 valence electrons. The number of aromatic nitrogens is 2. The summed E-state index contributed by atoms with van der Waals surface area (Å²) in [7, 11) is 0. The molecule has 0 amide bonds. The highest BCUT2D eigenvalue weighted by Gasteiger charge is 2.13. The quantitative estimate of drug-likeness (QED) is 0.616. The van der Waals surface area contributed by atoms with Gasteiger partial charge in [-0.1, -0.05) is 44.0 Å². The Morgan fingerprint density at radius 2 is 1.81 bits per heavy atom. The minimum absolute atomic E-state index is 0.156. The predicted octanol–water partition coefficient (Wildman–Crippen LogP) is 3.62. The van der Waals surface area contributed by atoms with Gasteiger partial charge in [0.15, 0.2) is 0 Å². The first-order chi connectivity index (χ1) is 10.0. The molecule has 4 N–H and O–H groups in total. The van der Waals surface area contributed by atoms with E-state index in [1.54, 1.807) is 0 Å². The molecular formula is C15H13Br2N3O. The molecule has 4 nitrogen and oxygen atoms in total. The number of benzene rings is 2. The van der Waals surface area contributed by atoms with Crippen LogP contribution in [0.25, 0.3) is 11.0 Å². The zero-order chi connectivity index (χ0) is 15.0. The van der Waals surface area contributed by atoms with Crippen molar-refractivity contribution in [3.8, 4) is 0 Å². The molecule has 6 heteroatoms. The molecule has 0 aliphatic carbocycles. The largest absolute Gasteiger partial charge is 0.324 e. The van der Waals surface area contributed by atoms with Gasteiger partial charge in [-0.05, 0) is 41.8 Å². The summed E-state index contributed by atoms with van der Waals surface area (Å²) >= 11 is 6.99. The van der Waals surface area contributed by atoms with Crippen LogP contribution in [0.4, 0.5) is 0 Å². The van der Waals surface area contributed by atoms with E-state index in [2.05, 4.69) is 54.0 Å². The Morgan fingerprint density at radius 3 is 2.52 bits per heavy atom. The van der Waals surface area contributed by atoms with Crippen LogP contribution in [0.15, 0.2) is 50.1 Å². The first-order valence-corrected chi connectivity index (χ1v) is 8.03. The molecule has 0 fully saturated rings. The molecule has 1 atom stereocenters. The lowest BCUT2D eigenvalue weighted by molar-refractivity contribution is 0.719. The predicted molar refractivity (Wildman–Crippen MR) is 91.4 cm³/mol. The zero-order valence-corrected chi connectivity index (χ0v) is 14.2. The summed E-state index contributed by atoms with van der Waals surface area (Å²) in [5.41, 5.74) is 9.78. The van der Waals surface area contributed by atoms with Gasteiger partial charge in [-0.3, -0.25) is 0 Å². The Morgan fingerprint density at radius 1 is 1.10 bits per heavy atom. The smallest absolute Gasteiger partial charge is 0.323 e. The van der Waals surface area contributed by atoms with E-state index in [-0.39, 0.29) is 11.7 Å². The van der Waals surface area contributed by atoms with Gasteiger partial charge in [0.25, 0.3) is 0 Å². The van der Waals surface area contributed by atoms with Gasteiger partial charge < -0.3 is 15.7 Å². The summed E-state index contributed by atoms with van der Waals surface area (Å²) in [6.07, 6.45) is 0.720. The van der Waals surface area contributed by atoms with E-state index < -0.39 is 0 Å². The topological polar surface area (TPSA) is 74.7 Å². The van der Waals surface area contributed by atoms with E-state index in [0.717, 1.165) is 37.5 Å². The van der Waals surface area contributed by atoms with Crippen molar-refractivity contribution in [2.75, 3.05) is 0 Å². The number of hydrogen-bond acceptors (Lipinski definition) is 2. The van der Waals surface area contributed by atoms with Crippen molar-refractivity contribution < 1.29 is 0 Å². The molecule has 1 aromatic heterocycles. The third kappa shape index (κ3) is 3.12. The second-order valence-corrected chi connectivity index (χ2v) is 6.71.